The normalized spacial score (nSPS) is 11.6. The summed E-state index contributed by atoms with van der Waals surface area (Å²) >= 11 is 0. The van der Waals surface area contributed by atoms with E-state index in [1.165, 1.54) is 63.4 Å². The van der Waals surface area contributed by atoms with E-state index in [9.17, 15) is 4.57 Å². The lowest BCUT2D eigenvalue weighted by atomic mass is 10.0. The molecule has 4 heteroatoms. The minimum absolute atomic E-state index is 0.410. The summed E-state index contributed by atoms with van der Waals surface area (Å²) < 4.78 is 14.9. The number of hydrogen-bond acceptors (Lipinski definition) is 2. The SMILES string of the molecule is O=[P+](O)OCCCCCCCCCCCCc1ccccc1. The molecule has 1 atom stereocenters. The van der Waals surface area contributed by atoms with Crippen LogP contribution >= 0.6 is 8.25 Å². The van der Waals surface area contributed by atoms with E-state index in [0.717, 1.165) is 12.8 Å². The van der Waals surface area contributed by atoms with Crippen LogP contribution < -0.4 is 0 Å². The fourth-order valence-corrected chi connectivity index (χ4v) is 2.92. The number of hydrogen-bond donors (Lipinski definition) is 1. The molecule has 0 fully saturated rings. The van der Waals surface area contributed by atoms with Gasteiger partial charge in [0, 0.05) is 4.57 Å². The highest BCUT2D eigenvalue weighted by molar-refractivity contribution is 7.32. The van der Waals surface area contributed by atoms with Gasteiger partial charge in [-0.3, -0.25) is 0 Å². The monoisotopic (exact) mass is 325 g/mol. The summed E-state index contributed by atoms with van der Waals surface area (Å²) in [6, 6.07) is 10.7. The molecule has 1 N–H and O–H groups in total. The first-order valence-corrected chi connectivity index (χ1v) is 9.75. The van der Waals surface area contributed by atoms with Crippen molar-refractivity contribution in [2.24, 2.45) is 0 Å². The van der Waals surface area contributed by atoms with Crippen molar-refractivity contribution in [3.8, 4) is 0 Å². The molecule has 0 bridgehead atoms. The van der Waals surface area contributed by atoms with E-state index in [0.29, 0.717) is 6.61 Å². The minimum Gasteiger partial charge on any atom is -0.133 e. The zero-order valence-corrected chi connectivity index (χ0v) is 14.5. The van der Waals surface area contributed by atoms with E-state index < -0.39 is 8.25 Å². The molecule has 0 aliphatic carbocycles. The molecule has 0 aliphatic heterocycles. The number of benzene rings is 1. The summed E-state index contributed by atoms with van der Waals surface area (Å²) in [7, 11) is -2.40. The van der Waals surface area contributed by atoms with Gasteiger partial charge in [-0.25, -0.2) is 0 Å². The topological polar surface area (TPSA) is 46.5 Å². The van der Waals surface area contributed by atoms with E-state index in [-0.39, 0.29) is 0 Å². The number of aryl methyl sites for hydroxylation is 1. The highest BCUT2D eigenvalue weighted by Crippen LogP contribution is 2.16. The van der Waals surface area contributed by atoms with Gasteiger partial charge in [-0.1, -0.05) is 81.7 Å². The lowest BCUT2D eigenvalue weighted by Crippen LogP contribution is -1.88. The molecule has 1 aromatic rings. The van der Waals surface area contributed by atoms with Crippen LogP contribution in [0, 0.1) is 0 Å². The zero-order valence-electron chi connectivity index (χ0n) is 13.6. The molecule has 0 aliphatic rings. The Morgan fingerprint density at radius 1 is 0.773 bits per heavy atom. The standard InChI is InChI=1S/C18H29O3P/c19-22(20)21-17-13-8-6-4-2-1-3-5-7-10-14-18-15-11-9-12-16-18/h9,11-12,15-16H,1-8,10,13-14,17H2/p+1. The van der Waals surface area contributed by atoms with E-state index in [1.807, 2.05) is 0 Å². The van der Waals surface area contributed by atoms with Crippen LogP contribution in [0.3, 0.4) is 0 Å². The van der Waals surface area contributed by atoms with Crippen molar-refractivity contribution in [1.29, 1.82) is 0 Å². The molecule has 22 heavy (non-hydrogen) atoms. The summed E-state index contributed by atoms with van der Waals surface area (Å²) in [6.45, 7) is 0.410. The molecule has 0 saturated heterocycles. The lowest BCUT2D eigenvalue weighted by molar-refractivity contribution is 0.273. The maximum absolute atomic E-state index is 10.3. The highest BCUT2D eigenvalue weighted by atomic mass is 31.1. The van der Waals surface area contributed by atoms with Crippen LogP contribution in [-0.4, -0.2) is 11.5 Å². The molecule has 0 aromatic heterocycles. The van der Waals surface area contributed by atoms with Crippen LogP contribution in [-0.2, 0) is 15.5 Å². The predicted molar refractivity (Wildman–Crippen MR) is 92.1 cm³/mol. The van der Waals surface area contributed by atoms with E-state index in [4.69, 9.17) is 4.89 Å². The first-order chi connectivity index (χ1) is 10.8. The second kappa shape index (κ2) is 13.9. The summed E-state index contributed by atoms with van der Waals surface area (Å²) in [5.74, 6) is 0. The van der Waals surface area contributed by atoms with Crippen molar-refractivity contribution < 1.29 is 14.0 Å². The fraction of sp³-hybridized carbons (Fsp3) is 0.667. The molecule has 1 aromatic carbocycles. The molecule has 3 nitrogen and oxygen atoms in total. The van der Waals surface area contributed by atoms with Crippen molar-refractivity contribution in [2.75, 3.05) is 6.61 Å². The number of rotatable bonds is 14. The van der Waals surface area contributed by atoms with Gasteiger partial charge in [0.1, 0.15) is 6.61 Å². The van der Waals surface area contributed by atoms with Crippen molar-refractivity contribution in [3.05, 3.63) is 35.9 Å². The fourth-order valence-electron chi connectivity index (χ4n) is 2.63. The van der Waals surface area contributed by atoms with Gasteiger partial charge in [0.25, 0.3) is 0 Å². The largest absolute Gasteiger partial charge is 0.694 e. The van der Waals surface area contributed by atoms with Crippen molar-refractivity contribution in [2.45, 2.75) is 70.6 Å². The van der Waals surface area contributed by atoms with Gasteiger partial charge in [0.2, 0.25) is 0 Å². The molecule has 0 spiro atoms. The van der Waals surface area contributed by atoms with Crippen molar-refractivity contribution in [1.82, 2.24) is 0 Å². The Bertz CT molecular complexity index is 381. The maximum Gasteiger partial charge on any atom is 0.694 e. The maximum atomic E-state index is 10.3. The Hall–Kier alpha value is -0.760. The predicted octanol–water partition coefficient (Wildman–Crippen LogP) is 5.80. The number of unbranched alkanes of at least 4 members (excludes halogenated alkanes) is 9. The average Bonchev–Trinajstić information content (AvgIpc) is 2.52. The van der Waals surface area contributed by atoms with Gasteiger partial charge in [0.05, 0.1) is 0 Å². The molecular formula is C18H30O3P+. The molecule has 0 radical (unpaired) electrons. The van der Waals surface area contributed by atoms with E-state index >= 15 is 0 Å². The van der Waals surface area contributed by atoms with Crippen LogP contribution in [0.4, 0.5) is 0 Å². The smallest absolute Gasteiger partial charge is 0.133 e. The van der Waals surface area contributed by atoms with Crippen LogP contribution in [0.1, 0.15) is 69.8 Å². The summed E-state index contributed by atoms with van der Waals surface area (Å²) in [5, 5.41) is 0. The van der Waals surface area contributed by atoms with Crippen molar-refractivity contribution >= 4 is 8.25 Å². The van der Waals surface area contributed by atoms with Gasteiger partial charge in [-0.2, -0.15) is 0 Å². The second-order valence-corrected chi connectivity index (χ2v) is 6.58. The molecule has 124 valence electrons. The molecule has 0 saturated carbocycles. The van der Waals surface area contributed by atoms with Crippen LogP contribution in [0.5, 0.6) is 0 Å². The molecule has 0 heterocycles. The average molecular weight is 325 g/mol. The van der Waals surface area contributed by atoms with Gasteiger partial charge in [-0.15, -0.1) is 9.42 Å². The Morgan fingerprint density at radius 2 is 1.27 bits per heavy atom. The minimum atomic E-state index is -2.40. The first-order valence-electron chi connectivity index (χ1n) is 8.62. The summed E-state index contributed by atoms with van der Waals surface area (Å²) in [6.07, 6.45) is 13.7. The third-order valence-electron chi connectivity index (χ3n) is 3.90. The first kappa shape index (κ1) is 19.3. The van der Waals surface area contributed by atoms with Gasteiger partial charge >= 0.3 is 8.25 Å². The third-order valence-corrected chi connectivity index (χ3v) is 4.31. The summed E-state index contributed by atoms with van der Waals surface area (Å²) in [4.78, 5) is 8.47. The lowest BCUT2D eigenvalue weighted by Gasteiger charge is -2.03. The van der Waals surface area contributed by atoms with E-state index in [2.05, 4.69) is 34.9 Å². The van der Waals surface area contributed by atoms with E-state index in [1.54, 1.807) is 0 Å². The quantitative estimate of drug-likeness (QED) is 0.347. The Kier molecular flexibility index (Phi) is 12.2. The third kappa shape index (κ3) is 11.9. The Morgan fingerprint density at radius 3 is 1.82 bits per heavy atom. The highest BCUT2D eigenvalue weighted by Gasteiger charge is 2.09. The molecule has 1 rings (SSSR count). The van der Waals surface area contributed by atoms with Crippen LogP contribution in [0.15, 0.2) is 30.3 Å². The molecule has 0 amide bonds. The Labute approximate surface area is 136 Å². The van der Waals surface area contributed by atoms with Gasteiger partial charge in [-0.05, 0) is 24.8 Å². The zero-order chi connectivity index (χ0) is 15.9. The van der Waals surface area contributed by atoms with Crippen LogP contribution in [0.25, 0.3) is 0 Å². The second-order valence-electron chi connectivity index (χ2n) is 5.84. The molecule has 1 unspecified atom stereocenters. The van der Waals surface area contributed by atoms with Crippen molar-refractivity contribution in [3.63, 3.8) is 0 Å². The Balaban J connectivity index is 1.76. The molecular weight excluding hydrogens is 295 g/mol. The summed E-state index contributed by atoms with van der Waals surface area (Å²) in [5.41, 5.74) is 1.46. The van der Waals surface area contributed by atoms with Gasteiger partial charge in [0.15, 0.2) is 0 Å². The van der Waals surface area contributed by atoms with Gasteiger partial charge < -0.3 is 0 Å². The van der Waals surface area contributed by atoms with Crippen LogP contribution in [0.2, 0.25) is 0 Å².